The van der Waals surface area contributed by atoms with Crippen molar-refractivity contribution in [1.82, 2.24) is 0 Å². The molecule has 398 valence electrons. The first-order chi connectivity index (χ1) is 34.5. The number of hydrogen-bond donors (Lipinski definition) is 0. The summed E-state index contributed by atoms with van der Waals surface area (Å²) in [4.78, 5) is 38.0. The first kappa shape index (κ1) is 66.1. The van der Waals surface area contributed by atoms with E-state index in [1.807, 2.05) is 0 Å². The van der Waals surface area contributed by atoms with Crippen LogP contribution in [0.5, 0.6) is 0 Å². The molecule has 0 aliphatic heterocycles. The molecule has 0 aliphatic rings. The van der Waals surface area contributed by atoms with Crippen LogP contribution in [-0.4, -0.2) is 37.2 Å². The summed E-state index contributed by atoms with van der Waals surface area (Å²) in [5.74, 6) is -0.955. The van der Waals surface area contributed by atoms with Gasteiger partial charge >= 0.3 is 17.9 Å². The number of rotatable bonds is 51. The van der Waals surface area contributed by atoms with Gasteiger partial charge in [0.25, 0.3) is 0 Å². The van der Waals surface area contributed by atoms with E-state index in [2.05, 4.69) is 130 Å². The highest BCUT2D eigenvalue weighted by Gasteiger charge is 2.19. The number of hydrogen-bond acceptors (Lipinski definition) is 6. The van der Waals surface area contributed by atoms with Crippen molar-refractivity contribution in [3.05, 3.63) is 109 Å². The third kappa shape index (κ3) is 55.0. The lowest BCUT2D eigenvalue weighted by Crippen LogP contribution is -2.30. The van der Waals surface area contributed by atoms with Crippen LogP contribution in [0.3, 0.4) is 0 Å². The predicted octanol–water partition coefficient (Wildman–Crippen LogP) is 19.5. The molecular weight excluding hydrogens is 865 g/mol. The highest BCUT2D eigenvalue weighted by molar-refractivity contribution is 5.71. The summed E-state index contributed by atoms with van der Waals surface area (Å²) in [6, 6.07) is 0. The van der Waals surface area contributed by atoms with E-state index in [0.29, 0.717) is 19.3 Å². The average Bonchev–Trinajstić information content (AvgIpc) is 3.36. The molecule has 6 heteroatoms. The van der Waals surface area contributed by atoms with Crippen LogP contribution in [0, 0.1) is 0 Å². The summed E-state index contributed by atoms with van der Waals surface area (Å²) in [5.41, 5.74) is 0. The lowest BCUT2D eigenvalue weighted by molar-refractivity contribution is -0.167. The minimum absolute atomic E-state index is 0.0934. The van der Waals surface area contributed by atoms with E-state index in [1.165, 1.54) is 109 Å². The third-order valence-electron chi connectivity index (χ3n) is 12.0. The van der Waals surface area contributed by atoms with Crippen molar-refractivity contribution in [2.24, 2.45) is 0 Å². The van der Waals surface area contributed by atoms with E-state index < -0.39 is 6.10 Å². The maximum Gasteiger partial charge on any atom is 0.306 e. The Labute approximate surface area is 431 Å². The van der Waals surface area contributed by atoms with Gasteiger partial charge in [0.05, 0.1) is 0 Å². The Balaban J connectivity index is 4.36. The highest BCUT2D eigenvalue weighted by atomic mass is 16.6. The van der Waals surface area contributed by atoms with Crippen LogP contribution in [0.15, 0.2) is 109 Å². The van der Waals surface area contributed by atoms with E-state index in [9.17, 15) is 14.4 Å². The van der Waals surface area contributed by atoms with Gasteiger partial charge in [-0.3, -0.25) is 14.4 Å². The molecule has 0 radical (unpaired) electrons. The second-order valence-corrected chi connectivity index (χ2v) is 18.8. The lowest BCUT2D eigenvalue weighted by Gasteiger charge is -2.18. The summed E-state index contributed by atoms with van der Waals surface area (Å²) < 4.78 is 16.8. The maximum absolute atomic E-state index is 12.8. The molecule has 0 N–H and O–H groups in total. The smallest absolute Gasteiger partial charge is 0.306 e. The number of unbranched alkanes of at least 4 members (excludes halogenated alkanes) is 22. The normalized spacial score (nSPS) is 12.9. The number of carbonyl (C=O) groups is 3. The fourth-order valence-corrected chi connectivity index (χ4v) is 7.74. The number of esters is 3. The zero-order chi connectivity index (χ0) is 50.7. The van der Waals surface area contributed by atoms with Gasteiger partial charge in [0.15, 0.2) is 6.10 Å². The molecule has 0 heterocycles. The summed E-state index contributed by atoms with van der Waals surface area (Å²) >= 11 is 0. The van der Waals surface area contributed by atoms with Gasteiger partial charge in [-0.15, -0.1) is 0 Å². The molecular formula is C64H106O6. The molecule has 0 aliphatic carbocycles. The van der Waals surface area contributed by atoms with E-state index >= 15 is 0 Å². The Bertz CT molecular complexity index is 1440. The molecule has 0 saturated heterocycles. The van der Waals surface area contributed by atoms with Crippen molar-refractivity contribution in [3.8, 4) is 0 Å². The minimum atomic E-state index is -0.798. The van der Waals surface area contributed by atoms with Crippen molar-refractivity contribution < 1.29 is 28.6 Å². The second-order valence-electron chi connectivity index (χ2n) is 18.8. The zero-order valence-corrected chi connectivity index (χ0v) is 45.5. The Morgan fingerprint density at radius 1 is 0.300 bits per heavy atom. The van der Waals surface area contributed by atoms with Crippen molar-refractivity contribution in [3.63, 3.8) is 0 Å². The van der Waals surface area contributed by atoms with Crippen LogP contribution in [0.25, 0.3) is 0 Å². The van der Waals surface area contributed by atoms with Crippen LogP contribution in [0.4, 0.5) is 0 Å². The molecule has 0 aromatic rings. The number of allylic oxidation sites excluding steroid dienone is 18. The number of ether oxygens (including phenoxy) is 3. The van der Waals surface area contributed by atoms with Crippen molar-refractivity contribution >= 4 is 17.9 Å². The monoisotopic (exact) mass is 971 g/mol. The van der Waals surface area contributed by atoms with E-state index in [4.69, 9.17) is 14.2 Å². The first-order valence-corrected chi connectivity index (χ1v) is 28.9. The molecule has 0 amide bonds. The molecule has 0 aromatic heterocycles. The quantitative estimate of drug-likeness (QED) is 0.0262. The van der Waals surface area contributed by atoms with Crippen LogP contribution in [0.1, 0.15) is 258 Å². The summed E-state index contributed by atoms with van der Waals surface area (Å²) in [7, 11) is 0. The van der Waals surface area contributed by atoms with Crippen molar-refractivity contribution in [2.75, 3.05) is 13.2 Å². The second kappa shape index (κ2) is 57.6. The maximum atomic E-state index is 12.8. The fraction of sp³-hybridized carbons (Fsp3) is 0.672. The minimum Gasteiger partial charge on any atom is -0.462 e. The first-order valence-electron chi connectivity index (χ1n) is 28.9. The SMILES string of the molecule is CC/C=C\C/C=C\C/C=C\C/C=C\C/C=C\C/C=C\C/C=C\C/C=C\C/C=C\CCCC(=O)OCC(COC(=O)CCCCCCCCCCCCC)OC(=O)CCCCCCCCCCCCCC. The highest BCUT2D eigenvalue weighted by Crippen LogP contribution is 2.15. The number of carbonyl (C=O) groups excluding carboxylic acids is 3. The van der Waals surface area contributed by atoms with Gasteiger partial charge in [0.1, 0.15) is 13.2 Å². The van der Waals surface area contributed by atoms with Crippen LogP contribution in [-0.2, 0) is 28.6 Å². The fourth-order valence-electron chi connectivity index (χ4n) is 7.74. The predicted molar refractivity (Wildman–Crippen MR) is 302 cm³/mol. The lowest BCUT2D eigenvalue weighted by atomic mass is 10.0. The van der Waals surface area contributed by atoms with Gasteiger partial charge in [-0.05, 0) is 83.5 Å². The molecule has 6 nitrogen and oxygen atoms in total. The van der Waals surface area contributed by atoms with Crippen LogP contribution >= 0.6 is 0 Å². The van der Waals surface area contributed by atoms with Crippen LogP contribution in [0.2, 0.25) is 0 Å². The Morgan fingerprint density at radius 3 is 0.871 bits per heavy atom. The van der Waals surface area contributed by atoms with Crippen molar-refractivity contribution in [2.45, 2.75) is 264 Å². The Hall–Kier alpha value is -3.93. The van der Waals surface area contributed by atoms with Gasteiger partial charge in [0.2, 0.25) is 0 Å². The zero-order valence-electron chi connectivity index (χ0n) is 45.5. The molecule has 0 spiro atoms. The Kier molecular flexibility index (Phi) is 54.4. The average molecular weight is 972 g/mol. The molecule has 0 aromatic carbocycles. The van der Waals surface area contributed by atoms with Crippen molar-refractivity contribution in [1.29, 1.82) is 0 Å². The van der Waals surface area contributed by atoms with Gasteiger partial charge in [0, 0.05) is 19.3 Å². The third-order valence-corrected chi connectivity index (χ3v) is 12.0. The molecule has 0 bridgehead atoms. The summed E-state index contributed by atoms with van der Waals surface area (Å²) in [6.45, 7) is 6.47. The molecule has 1 unspecified atom stereocenters. The molecule has 0 rings (SSSR count). The molecule has 0 fully saturated rings. The van der Waals surface area contributed by atoms with E-state index in [0.717, 1.165) is 103 Å². The largest absolute Gasteiger partial charge is 0.462 e. The topological polar surface area (TPSA) is 78.9 Å². The van der Waals surface area contributed by atoms with Gasteiger partial charge in [-0.2, -0.15) is 0 Å². The van der Waals surface area contributed by atoms with Gasteiger partial charge in [-0.1, -0.05) is 265 Å². The molecule has 0 saturated carbocycles. The Morgan fingerprint density at radius 2 is 0.557 bits per heavy atom. The summed E-state index contributed by atoms with van der Waals surface area (Å²) in [6.07, 6.45) is 78.1. The van der Waals surface area contributed by atoms with E-state index in [1.54, 1.807) is 0 Å². The van der Waals surface area contributed by atoms with Gasteiger partial charge < -0.3 is 14.2 Å². The van der Waals surface area contributed by atoms with Crippen LogP contribution < -0.4 is 0 Å². The van der Waals surface area contributed by atoms with E-state index in [-0.39, 0.29) is 37.5 Å². The standard InChI is InChI=1S/C64H106O6/c1-4-7-10-13-16-19-22-24-25-26-27-28-29-30-31-32-33-34-35-36-37-38-39-40-43-45-48-51-54-57-63(66)69-60-61(59-68-62(65)56-53-50-47-44-41-21-18-15-12-9-6-3)70-64(67)58-55-52-49-46-42-23-20-17-14-11-8-5-2/h7,10,16,19,24-25,27-28,30-31,33-34,36-37,39-40,45,48,61H,4-6,8-9,11-15,17-18,20-23,26,29,32,35,38,41-44,46-47,49-60H2,1-3H3/b10-7-,19-16-,25-24-,28-27-,31-30-,34-33-,37-36-,40-39-,48-45-. The van der Waals surface area contributed by atoms with Gasteiger partial charge in [-0.25, -0.2) is 0 Å². The molecule has 70 heavy (non-hydrogen) atoms. The molecule has 1 atom stereocenters. The summed E-state index contributed by atoms with van der Waals surface area (Å²) in [5, 5.41) is 0.